The molecule has 0 bridgehead atoms. The Kier molecular flexibility index (Phi) is 12.6. The van der Waals surface area contributed by atoms with Gasteiger partial charge in [-0.3, -0.25) is 9.44 Å². The predicted molar refractivity (Wildman–Crippen MR) is 219 cm³/mol. The van der Waals surface area contributed by atoms with Crippen molar-refractivity contribution in [3.8, 4) is 11.5 Å². The molecule has 10 nitrogen and oxygen atoms in total. The van der Waals surface area contributed by atoms with Crippen molar-refractivity contribution in [1.82, 2.24) is 0 Å². The molecule has 54 heavy (non-hydrogen) atoms. The minimum absolute atomic E-state index is 0.195. The van der Waals surface area contributed by atoms with Crippen LogP contribution in [0.4, 0.5) is 11.4 Å². The number of nitrogens with one attached hydrogen (secondary N) is 2. The molecule has 2 aliphatic carbocycles. The molecule has 0 amide bonds. The summed E-state index contributed by atoms with van der Waals surface area (Å²) in [4.78, 5) is 0. The molecule has 0 unspecified atom stereocenters. The average Bonchev–Trinajstić information content (AvgIpc) is 3.86. The Bertz CT molecular complexity index is 2010. The number of halogens is 2. The first-order chi connectivity index (χ1) is 25.2. The average molecular weight is 818 g/mol. The van der Waals surface area contributed by atoms with Crippen molar-refractivity contribution in [3.05, 3.63) is 117 Å². The Morgan fingerprint density at radius 3 is 1.22 bits per heavy atom. The second-order valence-corrected chi connectivity index (χ2v) is 18.8. The van der Waals surface area contributed by atoms with Gasteiger partial charge >= 0.3 is 0 Å². The van der Waals surface area contributed by atoms with Crippen molar-refractivity contribution >= 4 is 55.0 Å². The molecule has 2 aliphatic rings. The van der Waals surface area contributed by atoms with Crippen LogP contribution >= 0.6 is 23.2 Å². The van der Waals surface area contributed by atoms with Gasteiger partial charge in [-0.15, -0.1) is 0 Å². The van der Waals surface area contributed by atoms with Crippen LogP contribution in [-0.4, -0.2) is 31.1 Å². The van der Waals surface area contributed by atoms with Crippen LogP contribution < -0.4 is 29.2 Å². The fraction of sp³-hybridized carbons (Fsp3) is 0.400. The largest absolute Gasteiger partial charge is 0.496 e. The third-order valence-electron chi connectivity index (χ3n) is 11.1. The van der Waals surface area contributed by atoms with E-state index in [0.717, 1.165) is 58.4 Å². The third kappa shape index (κ3) is 10.4. The monoisotopic (exact) mass is 816 g/mol. The van der Waals surface area contributed by atoms with E-state index in [9.17, 15) is 16.8 Å². The van der Waals surface area contributed by atoms with Crippen molar-refractivity contribution in [1.29, 1.82) is 0 Å². The molecule has 4 atom stereocenters. The first kappa shape index (κ1) is 41.6. The number of ether oxygens (including phenoxy) is 2. The van der Waals surface area contributed by atoms with Crippen molar-refractivity contribution in [2.75, 3.05) is 23.7 Å². The molecule has 14 heteroatoms. The fourth-order valence-corrected chi connectivity index (χ4v) is 9.56. The number of hydrogen-bond donors (Lipinski definition) is 4. The molecule has 6 N–H and O–H groups in total. The minimum atomic E-state index is -3.75. The molecular formula is C40H50Cl2N4O6S2. The number of hydrogen-bond acceptors (Lipinski definition) is 6. The highest BCUT2D eigenvalue weighted by atomic mass is 35.5. The van der Waals surface area contributed by atoms with Gasteiger partial charge in [0.1, 0.15) is 11.5 Å². The molecule has 6 rings (SSSR count). The van der Waals surface area contributed by atoms with Crippen molar-refractivity contribution in [2.24, 2.45) is 32.9 Å². The van der Waals surface area contributed by atoms with Gasteiger partial charge in [0.25, 0.3) is 20.4 Å². The van der Waals surface area contributed by atoms with Crippen LogP contribution in [-0.2, 0) is 33.3 Å². The van der Waals surface area contributed by atoms with E-state index in [4.69, 9.17) is 43.0 Å². The summed E-state index contributed by atoms with van der Waals surface area (Å²) in [7, 11) is -4.15. The molecule has 0 heterocycles. The Balaban J connectivity index is 0.000000208. The normalized spacial score (nSPS) is 20.9. The maximum absolute atomic E-state index is 11.1. The van der Waals surface area contributed by atoms with Crippen LogP contribution in [0.15, 0.2) is 84.9 Å². The van der Waals surface area contributed by atoms with E-state index in [-0.39, 0.29) is 10.8 Å². The first-order valence-corrected chi connectivity index (χ1v) is 21.5. The number of aryl methyl sites for hydroxylation is 2. The molecule has 2 saturated carbocycles. The van der Waals surface area contributed by atoms with Gasteiger partial charge < -0.3 is 9.47 Å². The predicted octanol–water partition coefficient (Wildman–Crippen LogP) is 8.67. The third-order valence-corrected chi connectivity index (χ3v) is 12.6. The van der Waals surface area contributed by atoms with Gasteiger partial charge in [0.2, 0.25) is 0 Å². The lowest BCUT2D eigenvalue weighted by Crippen LogP contribution is -2.21. The van der Waals surface area contributed by atoms with Gasteiger partial charge in [0.15, 0.2) is 0 Å². The Morgan fingerprint density at radius 1 is 0.593 bits per heavy atom. The lowest BCUT2D eigenvalue weighted by Gasteiger charge is -2.09. The van der Waals surface area contributed by atoms with Crippen LogP contribution in [0, 0.1) is 22.7 Å². The Labute approximate surface area is 330 Å². The van der Waals surface area contributed by atoms with E-state index >= 15 is 0 Å². The van der Waals surface area contributed by atoms with E-state index in [1.807, 2.05) is 60.7 Å². The van der Waals surface area contributed by atoms with E-state index in [2.05, 4.69) is 37.1 Å². The van der Waals surface area contributed by atoms with E-state index in [0.29, 0.717) is 35.0 Å². The van der Waals surface area contributed by atoms with E-state index < -0.39 is 20.4 Å². The number of anilines is 2. The van der Waals surface area contributed by atoms with Gasteiger partial charge in [-0.2, -0.15) is 16.8 Å². The molecule has 0 aromatic heterocycles. The second-order valence-electron chi connectivity index (χ2n) is 15.3. The zero-order chi connectivity index (χ0) is 39.6. The van der Waals surface area contributed by atoms with E-state index in [1.54, 1.807) is 38.5 Å². The molecule has 292 valence electrons. The first-order valence-electron chi connectivity index (χ1n) is 17.7. The number of rotatable bonds is 14. The van der Waals surface area contributed by atoms with Crippen LogP contribution in [0.25, 0.3) is 0 Å². The summed E-state index contributed by atoms with van der Waals surface area (Å²) in [5.74, 6) is 3.69. The number of benzene rings is 4. The highest BCUT2D eigenvalue weighted by Gasteiger charge is 2.58. The zero-order valence-corrected chi connectivity index (χ0v) is 34.5. The molecule has 4 aromatic rings. The topological polar surface area (TPSA) is 163 Å². The maximum atomic E-state index is 11.1. The maximum Gasteiger partial charge on any atom is 0.296 e. The van der Waals surface area contributed by atoms with Crippen molar-refractivity contribution in [3.63, 3.8) is 0 Å². The van der Waals surface area contributed by atoms with Gasteiger partial charge in [-0.05, 0) is 143 Å². The molecule has 0 saturated heterocycles. The van der Waals surface area contributed by atoms with Gasteiger partial charge in [-0.25, -0.2) is 10.3 Å². The lowest BCUT2D eigenvalue weighted by atomic mass is 10.0. The standard InChI is InChI=1S/2C20H25ClN2O3S/c2*1-20(2)17(10-6-14-12-15(21)7-11-18(14)26-3)19(20)13-4-8-16(9-5-13)23-27(22,24)25/h2*4-5,7-9,11-12,17,19,23H,6,10H2,1-3H3,(H2,22,24,25)/t2*17-,19-/m10/s1. The summed E-state index contributed by atoms with van der Waals surface area (Å²) < 4.78 is 60.0. The summed E-state index contributed by atoms with van der Waals surface area (Å²) in [5.41, 5.74) is 6.01. The molecular weight excluding hydrogens is 768 g/mol. The SMILES string of the molecule is COc1ccc(Cl)cc1CC[C@@H]1[C@@H](c2ccc(NS(N)(=O)=O)cc2)C1(C)C.COc1ccc(Cl)cc1CC[C@H]1[C@H](c2ccc(NS(N)(=O)=O)cc2)C1(C)C. The smallest absolute Gasteiger partial charge is 0.296 e. The molecule has 0 spiro atoms. The van der Waals surface area contributed by atoms with Crippen LogP contribution in [0.2, 0.25) is 10.0 Å². The summed E-state index contributed by atoms with van der Waals surface area (Å²) in [6.07, 6.45) is 3.87. The van der Waals surface area contributed by atoms with Crippen molar-refractivity contribution in [2.45, 2.75) is 65.2 Å². The van der Waals surface area contributed by atoms with Crippen LogP contribution in [0.3, 0.4) is 0 Å². The molecule has 2 fully saturated rings. The lowest BCUT2D eigenvalue weighted by molar-refractivity contribution is 0.407. The van der Waals surface area contributed by atoms with Gasteiger partial charge in [-0.1, -0.05) is 75.2 Å². The van der Waals surface area contributed by atoms with Gasteiger partial charge in [0, 0.05) is 21.4 Å². The summed E-state index contributed by atoms with van der Waals surface area (Å²) in [5, 5.41) is 11.5. The molecule has 0 radical (unpaired) electrons. The van der Waals surface area contributed by atoms with Crippen LogP contribution in [0.5, 0.6) is 11.5 Å². The number of methoxy groups -OCH3 is 2. The fourth-order valence-electron chi connectivity index (χ4n) is 8.24. The molecule has 4 aromatic carbocycles. The van der Waals surface area contributed by atoms with Gasteiger partial charge in [0.05, 0.1) is 14.2 Å². The zero-order valence-electron chi connectivity index (χ0n) is 31.4. The summed E-state index contributed by atoms with van der Waals surface area (Å²) >= 11 is 12.3. The highest BCUT2D eigenvalue weighted by molar-refractivity contribution is 7.90. The summed E-state index contributed by atoms with van der Waals surface area (Å²) in [6, 6.07) is 26.3. The number of nitrogens with two attached hydrogens (primary N) is 2. The van der Waals surface area contributed by atoms with Crippen LogP contribution in [0.1, 0.15) is 74.6 Å². The van der Waals surface area contributed by atoms with E-state index in [1.165, 1.54) is 11.1 Å². The molecule has 0 aliphatic heterocycles. The second kappa shape index (κ2) is 16.3. The minimum Gasteiger partial charge on any atom is -0.496 e. The quantitative estimate of drug-likeness (QED) is 0.0996. The highest BCUT2D eigenvalue weighted by Crippen LogP contribution is 2.67. The van der Waals surface area contributed by atoms with Crippen molar-refractivity contribution < 1.29 is 26.3 Å². The Morgan fingerprint density at radius 2 is 0.926 bits per heavy atom. The Hall–Kier alpha value is -3.52. The summed E-state index contributed by atoms with van der Waals surface area (Å²) in [6.45, 7) is 9.09.